The molecule has 1 aliphatic carbocycles. The predicted molar refractivity (Wildman–Crippen MR) is 57.2 cm³/mol. The number of hydrogen-bond acceptors (Lipinski definition) is 3. The zero-order valence-corrected chi connectivity index (χ0v) is 9.55. The first-order valence-electron chi connectivity index (χ1n) is 5.60. The molecule has 1 unspecified atom stereocenters. The number of hydrogen-bond donors (Lipinski definition) is 1. The molecule has 0 bridgehead atoms. The Morgan fingerprint density at radius 1 is 1.43 bits per heavy atom. The Bertz CT molecular complexity index is 223. The molecule has 2 fully saturated rings. The minimum atomic E-state index is -0.0115. The van der Waals surface area contributed by atoms with Gasteiger partial charge in [-0.3, -0.25) is 4.90 Å². The number of morpholine rings is 1. The molecule has 2 rings (SSSR count). The van der Waals surface area contributed by atoms with Crippen LogP contribution in [0.15, 0.2) is 0 Å². The lowest BCUT2D eigenvalue weighted by Gasteiger charge is -2.45. The molecular formula is C11H22N2O. The van der Waals surface area contributed by atoms with Crippen LogP contribution in [0.4, 0.5) is 0 Å². The lowest BCUT2D eigenvalue weighted by atomic mass is 10.0. The second-order valence-corrected chi connectivity index (χ2v) is 5.50. The van der Waals surface area contributed by atoms with E-state index in [1.807, 2.05) is 0 Å². The first-order chi connectivity index (χ1) is 6.47. The lowest BCUT2D eigenvalue weighted by molar-refractivity contribution is -0.140. The first kappa shape index (κ1) is 10.4. The average molecular weight is 198 g/mol. The van der Waals surface area contributed by atoms with E-state index in [4.69, 9.17) is 10.5 Å². The van der Waals surface area contributed by atoms with E-state index in [2.05, 4.69) is 25.7 Å². The number of nitrogens with zero attached hydrogens (tertiary/aromatic N) is 1. The number of ether oxygens (including phenoxy) is 1. The fourth-order valence-electron chi connectivity index (χ4n) is 2.61. The van der Waals surface area contributed by atoms with Gasteiger partial charge in [0.2, 0.25) is 0 Å². The molecule has 1 aliphatic heterocycles. The molecule has 0 amide bonds. The molecule has 3 nitrogen and oxygen atoms in total. The number of nitrogens with two attached hydrogens (primary N) is 1. The Labute approximate surface area is 86.6 Å². The standard InChI is InChI=1S/C11H22N2O/c1-9-6-13(8-10(2,3)14-9)11(7-12)4-5-11/h9H,4-8,12H2,1-3H3. The van der Waals surface area contributed by atoms with E-state index in [1.54, 1.807) is 0 Å². The fourth-order valence-corrected chi connectivity index (χ4v) is 2.61. The summed E-state index contributed by atoms with van der Waals surface area (Å²) in [5.41, 5.74) is 6.17. The minimum Gasteiger partial charge on any atom is -0.370 e. The Morgan fingerprint density at radius 2 is 2.07 bits per heavy atom. The van der Waals surface area contributed by atoms with Crippen molar-refractivity contribution >= 4 is 0 Å². The van der Waals surface area contributed by atoms with Crippen molar-refractivity contribution in [1.82, 2.24) is 4.90 Å². The van der Waals surface area contributed by atoms with Crippen LogP contribution in [0.25, 0.3) is 0 Å². The van der Waals surface area contributed by atoms with Gasteiger partial charge in [-0.25, -0.2) is 0 Å². The van der Waals surface area contributed by atoms with Crippen molar-refractivity contribution in [2.45, 2.75) is 50.9 Å². The van der Waals surface area contributed by atoms with Crippen LogP contribution >= 0.6 is 0 Å². The predicted octanol–water partition coefficient (Wildman–Crippen LogP) is 0.977. The summed E-state index contributed by atoms with van der Waals surface area (Å²) in [5.74, 6) is 0. The van der Waals surface area contributed by atoms with Crippen LogP contribution in [0.5, 0.6) is 0 Å². The molecule has 14 heavy (non-hydrogen) atoms. The summed E-state index contributed by atoms with van der Waals surface area (Å²) < 4.78 is 5.89. The molecule has 1 atom stereocenters. The molecule has 1 saturated carbocycles. The SMILES string of the molecule is CC1CN(C2(CN)CC2)CC(C)(C)O1. The van der Waals surface area contributed by atoms with Crippen LogP contribution in [0.3, 0.4) is 0 Å². The van der Waals surface area contributed by atoms with Gasteiger partial charge in [0.05, 0.1) is 11.7 Å². The average Bonchev–Trinajstić information content (AvgIpc) is 2.80. The van der Waals surface area contributed by atoms with E-state index in [-0.39, 0.29) is 5.60 Å². The summed E-state index contributed by atoms with van der Waals surface area (Å²) in [6.07, 6.45) is 2.88. The molecule has 82 valence electrons. The van der Waals surface area contributed by atoms with Crippen LogP contribution in [0.2, 0.25) is 0 Å². The van der Waals surface area contributed by atoms with Crippen molar-refractivity contribution in [3.8, 4) is 0 Å². The molecule has 3 heteroatoms. The van der Waals surface area contributed by atoms with Gasteiger partial charge in [0, 0.05) is 25.2 Å². The van der Waals surface area contributed by atoms with Gasteiger partial charge in [-0.1, -0.05) is 0 Å². The summed E-state index contributed by atoms with van der Waals surface area (Å²) >= 11 is 0. The monoisotopic (exact) mass is 198 g/mol. The van der Waals surface area contributed by atoms with Crippen LogP contribution in [-0.4, -0.2) is 41.8 Å². The highest BCUT2D eigenvalue weighted by molar-refractivity contribution is 5.07. The third-order valence-electron chi connectivity index (χ3n) is 3.45. The molecule has 0 spiro atoms. The Hall–Kier alpha value is -0.120. The second kappa shape index (κ2) is 3.19. The van der Waals surface area contributed by atoms with Gasteiger partial charge in [-0.05, 0) is 33.6 Å². The van der Waals surface area contributed by atoms with Crippen molar-refractivity contribution < 1.29 is 4.74 Å². The molecule has 0 aromatic rings. The highest BCUT2D eigenvalue weighted by Gasteiger charge is 2.50. The van der Waals surface area contributed by atoms with Crippen LogP contribution in [0.1, 0.15) is 33.6 Å². The summed E-state index contributed by atoms with van der Waals surface area (Å²) in [7, 11) is 0. The third-order valence-corrected chi connectivity index (χ3v) is 3.45. The summed E-state index contributed by atoms with van der Waals surface area (Å²) in [5, 5.41) is 0. The van der Waals surface area contributed by atoms with Gasteiger partial charge in [0.25, 0.3) is 0 Å². The molecule has 2 aliphatic rings. The van der Waals surface area contributed by atoms with Crippen LogP contribution < -0.4 is 5.73 Å². The summed E-state index contributed by atoms with van der Waals surface area (Å²) in [4.78, 5) is 2.54. The van der Waals surface area contributed by atoms with E-state index in [0.29, 0.717) is 11.6 Å². The van der Waals surface area contributed by atoms with Crippen molar-refractivity contribution in [3.63, 3.8) is 0 Å². The fraction of sp³-hybridized carbons (Fsp3) is 1.00. The lowest BCUT2D eigenvalue weighted by Crippen LogP contribution is -2.57. The molecule has 2 N–H and O–H groups in total. The molecule has 0 aromatic heterocycles. The smallest absolute Gasteiger partial charge is 0.0757 e. The maximum atomic E-state index is 5.89. The molecule has 1 heterocycles. The highest BCUT2D eigenvalue weighted by atomic mass is 16.5. The molecule has 0 radical (unpaired) electrons. The van der Waals surface area contributed by atoms with Gasteiger partial charge in [-0.15, -0.1) is 0 Å². The topological polar surface area (TPSA) is 38.5 Å². The third kappa shape index (κ3) is 1.81. The Balaban J connectivity index is 2.06. The molecule has 1 saturated heterocycles. The highest BCUT2D eigenvalue weighted by Crippen LogP contribution is 2.43. The Kier molecular flexibility index (Phi) is 2.37. The molecular weight excluding hydrogens is 176 g/mol. The minimum absolute atomic E-state index is 0.0115. The zero-order valence-electron chi connectivity index (χ0n) is 9.55. The van der Waals surface area contributed by atoms with E-state index >= 15 is 0 Å². The van der Waals surface area contributed by atoms with Crippen molar-refractivity contribution in [2.75, 3.05) is 19.6 Å². The van der Waals surface area contributed by atoms with Gasteiger partial charge < -0.3 is 10.5 Å². The largest absolute Gasteiger partial charge is 0.370 e. The van der Waals surface area contributed by atoms with E-state index in [0.717, 1.165) is 19.6 Å². The Morgan fingerprint density at radius 3 is 2.50 bits per heavy atom. The van der Waals surface area contributed by atoms with Crippen molar-refractivity contribution in [1.29, 1.82) is 0 Å². The normalized spacial score (nSPS) is 35.6. The van der Waals surface area contributed by atoms with E-state index in [1.165, 1.54) is 12.8 Å². The first-order valence-corrected chi connectivity index (χ1v) is 5.60. The van der Waals surface area contributed by atoms with E-state index < -0.39 is 0 Å². The second-order valence-electron chi connectivity index (χ2n) is 5.50. The molecule has 0 aromatic carbocycles. The zero-order chi connectivity index (χ0) is 10.4. The van der Waals surface area contributed by atoms with Gasteiger partial charge >= 0.3 is 0 Å². The maximum absolute atomic E-state index is 5.89. The maximum Gasteiger partial charge on any atom is 0.0757 e. The van der Waals surface area contributed by atoms with Gasteiger partial charge in [-0.2, -0.15) is 0 Å². The van der Waals surface area contributed by atoms with Gasteiger partial charge in [0.1, 0.15) is 0 Å². The summed E-state index contributed by atoms with van der Waals surface area (Å²) in [6, 6.07) is 0. The van der Waals surface area contributed by atoms with Gasteiger partial charge in [0.15, 0.2) is 0 Å². The van der Waals surface area contributed by atoms with Crippen molar-refractivity contribution in [2.24, 2.45) is 5.73 Å². The van der Waals surface area contributed by atoms with Crippen LogP contribution in [0, 0.1) is 0 Å². The van der Waals surface area contributed by atoms with Crippen molar-refractivity contribution in [3.05, 3.63) is 0 Å². The quantitative estimate of drug-likeness (QED) is 0.719. The summed E-state index contributed by atoms with van der Waals surface area (Å²) in [6.45, 7) is 9.36. The number of rotatable bonds is 2. The van der Waals surface area contributed by atoms with Crippen LogP contribution in [-0.2, 0) is 4.74 Å². The van der Waals surface area contributed by atoms with E-state index in [9.17, 15) is 0 Å².